The lowest BCUT2D eigenvalue weighted by Gasteiger charge is -2.07. The highest BCUT2D eigenvalue weighted by atomic mass is 32.1. The van der Waals surface area contributed by atoms with Crippen LogP contribution in [0, 0.1) is 0 Å². The number of thiophene rings is 1. The van der Waals surface area contributed by atoms with Crippen molar-refractivity contribution in [2.45, 2.75) is 32.6 Å². The lowest BCUT2D eigenvalue weighted by Crippen LogP contribution is -2.27. The molecule has 2 aromatic rings. The molecule has 5 nitrogen and oxygen atoms in total. The molecule has 0 radical (unpaired) electrons. The van der Waals surface area contributed by atoms with E-state index in [1.165, 1.54) is 16.9 Å². The molecule has 0 spiro atoms. The number of aryl methyl sites for hydroxylation is 1. The van der Waals surface area contributed by atoms with Crippen LogP contribution in [0.1, 0.15) is 41.4 Å². The molecule has 0 atom stereocenters. The Morgan fingerprint density at radius 3 is 2.36 bits per heavy atom. The molecule has 2 rings (SSSR count). The van der Waals surface area contributed by atoms with Gasteiger partial charge < -0.3 is 10.6 Å². The summed E-state index contributed by atoms with van der Waals surface area (Å²) in [6, 6.07) is 11.2. The molecule has 0 fully saturated rings. The Morgan fingerprint density at radius 1 is 0.960 bits per heavy atom. The molecule has 0 aliphatic carbocycles. The van der Waals surface area contributed by atoms with E-state index in [4.69, 9.17) is 0 Å². The highest BCUT2D eigenvalue weighted by Crippen LogP contribution is 2.12. The van der Waals surface area contributed by atoms with Gasteiger partial charge in [0.05, 0.1) is 4.88 Å². The Balaban J connectivity index is 1.63. The van der Waals surface area contributed by atoms with Gasteiger partial charge in [-0.15, -0.1) is 11.3 Å². The number of hydrogen-bond donors (Lipinski definition) is 2. The first-order chi connectivity index (χ1) is 12.1. The second kappa shape index (κ2) is 9.74. The highest BCUT2D eigenvalue weighted by molar-refractivity contribution is 7.12. The van der Waals surface area contributed by atoms with E-state index < -0.39 is 0 Å². The first-order valence-electron chi connectivity index (χ1n) is 8.30. The molecule has 0 bridgehead atoms. The van der Waals surface area contributed by atoms with Crippen LogP contribution in [0.5, 0.6) is 0 Å². The van der Waals surface area contributed by atoms with Crippen LogP contribution in [-0.2, 0) is 16.0 Å². The third kappa shape index (κ3) is 6.51. The van der Waals surface area contributed by atoms with Crippen molar-refractivity contribution >= 4 is 34.6 Å². The number of anilines is 1. The van der Waals surface area contributed by atoms with Crippen molar-refractivity contribution in [3.63, 3.8) is 0 Å². The van der Waals surface area contributed by atoms with E-state index in [1.54, 1.807) is 6.07 Å². The molecule has 25 heavy (non-hydrogen) atoms. The molecule has 6 heteroatoms. The summed E-state index contributed by atoms with van der Waals surface area (Å²) < 4.78 is 0. The second-order valence-corrected chi connectivity index (χ2v) is 6.55. The van der Waals surface area contributed by atoms with E-state index in [1.807, 2.05) is 35.7 Å². The second-order valence-electron chi connectivity index (χ2n) is 5.60. The topological polar surface area (TPSA) is 75.3 Å². The van der Waals surface area contributed by atoms with Gasteiger partial charge in [0.15, 0.2) is 5.78 Å². The third-order valence-corrected chi connectivity index (χ3v) is 4.61. The summed E-state index contributed by atoms with van der Waals surface area (Å²) in [4.78, 5) is 36.1. The third-order valence-electron chi connectivity index (χ3n) is 3.70. The van der Waals surface area contributed by atoms with E-state index in [9.17, 15) is 14.4 Å². The maximum Gasteiger partial charge on any atom is 0.226 e. The number of ketones is 1. The fraction of sp³-hybridized carbons (Fsp3) is 0.316. The molecule has 0 saturated carbocycles. The quantitative estimate of drug-likeness (QED) is 0.675. The molecule has 1 heterocycles. The maximum absolute atomic E-state index is 11.9. The number of nitrogens with one attached hydrogen (secondary N) is 2. The van der Waals surface area contributed by atoms with Gasteiger partial charge in [-0.2, -0.15) is 0 Å². The minimum atomic E-state index is -0.218. The normalized spacial score (nSPS) is 10.3. The van der Waals surface area contributed by atoms with Gasteiger partial charge >= 0.3 is 0 Å². The van der Waals surface area contributed by atoms with Crippen LogP contribution in [0.15, 0.2) is 41.8 Å². The zero-order valence-electron chi connectivity index (χ0n) is 14.2. The predicted molar refractivity (Wildman–Crippen MR) is 100.0 cm³/mol. The number of benzene rings is 1. The van der Waals surface area contributed by atoms with Crippen molar-refractivity contribution in [2.24, 2.45) is 0 Å². The van der Waals surface area contributed by atoms with Gasteiger partial charge in [-0.25, -0.2) is 0 Å². The molecule has 0 unspecified atom stereocenters. The summed E-state index contributed by atoms with van der Waals surface area (Å²) in [7, 11) is 0. The predicted octanol–water partition coefficient (Wildman–Crippen LogP) is 3.42. The van der Waals surface area contributed by atoms with Crippen LogP contribution >= 0.6 is 11.3 Å². The van der Waals surface area contributed by atoms with Gasteiger partial charge in [-0.3, -0.25) is 14.4 Å². The fourth-order valence-corrected chi connectivity index (χ4v) is 2.93. The van der Waals surface area contributed by atoms with Crippen LogP contribution < -0.4 is 10.6 Å². The van der Waals surface area contributed by atoms with Crippen molar-refractivity contribution in [1.29, 1.82) is 0 Å². The Bertz CT molecular complexity index is 709. The van der Waals surface area contributed by atoms with Crippen LogP contribution in [0.25, 0.3) is 0 Å². The van der Waals surface area contributed by atoms with Gasteiger partial charge in [0, 0.05) is 31.5 Å². The van der Waals surface area contributed by atoms with Crippen molar-refractivity contribution in [1.82, 2.24) is 5.32 Å². The summed E-state index contributed by atoms with van der Waals surface area (Å²) in [6.07, 6.45) is 1.47. The monoisotopic (exact) mass is 358 g/mol. The molecule has 1 aromatic heterocycles. The van der Waals surface area contributed by atoms with Crippen molar-refractivity contribution < 1.29 is 14.4 Å². The zero-order valence-corrected chi connectivity index (χ0v) is 15.0. The van der Waals surface area contributed by atoms with Crippen LogP contribution in [0.3, 0.4) is 0 Å². The lowest BCUT2D eigenvalue weighted by atomic mass is 10.1. The van der Waals surface area contributed by atoms with E-state index in [2.05, 4.69) is 17.6 Å². The Kier molecular flexibility index (Phi) is 7.35. The summed E-state index contributed by atoms with van der Waals surface area (Å²) in [5.41, 5.74) is 1.96. The van der Waals surface area contributed by atoms with Gasteiger partial charge in [0.2, 0.25) is 11.8 Å². The summed E-state index contributed by atoms with van der Waals surface area (Å²) in [5.74, 6) is -0.400. The van der Waals surface area contributed by atoms with Gasteiger partial charge in [-0.05, 0) is 35.6 Å². The molecule has 2 N–H and O–H groups in total. The number of carbonyl (C=O) groups excluding carboxylic acids is 3. The molecule has 0 saturated heterocycles. The summed E-state index contributed by atoms with van der Waals surface area (Å²) >= 11 is 1.37. The molecule has 2 amide bonds. The van der Waals surface area contributed by atoms with Crippen molar-refractivity contribution in [3.05, 3.63) is 52.2 Å². The smallest absolute Gasteiger partial charge is 0.226 e. The van der Waals surface area contributed by atoms with Crippen molar-refractivity contribution in [3.8, 4) is 0 Å². The number of amides is 2. The Morgan fingerprint density at radius 2 is 1.72 bits per heavy atom. The number of rotatable bonds is 9. The van der Waals surface area contributed by atoms with Crippen LogP contribution in [-0.4, -0.2) is 24.1 Å². The largest absolute Gasteiger partial charge is 0.356 e. The minimum absolute atomic E-state index is 0.0292. The lowest BCUT2D eigenvalue weighted by molar-refractivity contribution is -0.121. The van der Waals surface area contributed by atoms with Crippen LogP contribution in [0.2, 0.25) is 0 Å². The molecular weight excluding hydrogens is 336 g/mol. The Hall–Kier alpha value is -2.47. The molecule has 1 aromatic carbocycles. The van der Waals surface area contributed by atoms with E-state index in [-0.39, 0.29) is 43.4 Å². The fourth-order valence-electron chi connectivity index (χ4n) is 2.24. The van der Waals surface area contributed by atoms with Gasteiger partial charge in [0.1, 0.15) is 0 Å². The number of hydrogen-bond acceptors (Lipinski definition) is 4. The minimum Gasteiger partial charge on any atom is -0.356 e. The van der Waals surface area contributed by atoms with Crippen LogP contribution in [0.4, 0.5) is 5.69 Å². The average Bonchev–Trinajstić information content (AvgIpc) is 3.15. The van der Waals surface area contributed by atoms with E-state index >= 15 is 0 Å². The molecule has 0 aliphatic rings. The molecular formula is C19H22N2O3S. The standard InChI is InChI=1S/C19H22N2O3S/c1-2-14-5-7-15(8-6-14)21-19(24)11-12-20-18(23)10-9-16(22)17-4-3-13-25-17/h3-8,13H,2,9-12H2,1H3,(H,20,23)(H,21,24). The van der Waals surface area contributed by atoms with E-state index in [0.717, 1.165) is 12.1 Å². The van der Waals surface area contributed by atoms with Gasteiger partial charge in [0.25, 0.3) is 0 Å². The van der Waals surface area contributed by atoms with Crippen molar-refractivity contribution in [2.75, 3.05) is 11.9 Å². The summed E-state index contributed by atoms with van der Waals surface area (Å²) in [5, 5.41) is 7.30. The Labute approximate surface area is 151 Å². The molecule has 0 aliphatic heterocycles. The number of carbonyl (C=O) groups is 3. The first kappa shape index (κ1) is 18.9. The van der Waals surface area contributed by atoms with E-state index in [0.29, 0.717) is 4.88 Å². The maximum atomic E-state index is 11.9. The number of Topliss-reactive ketones (excluding diaryl/α,β-unsaturated/α-hetero) is 1. The zero-order chi connectivity index (χ0) is 18.1. The highest BCUT2D eigenvalue weighted by Gasteiger charge is 2.10. The van der Waals surface area contributed by atoms with Gasteiger partial charge in [-0.1, -0.05) is 25.1 Å². The summed E-state index contributed by atoms with van der Waals surface area (Å²) in [6.45, 7) is 2.33. The molecule has 132 valence electrons. The SMILES string of the molecule is CCc1ccc(NC(=O)CCNC(=O)CCC(=O)c2cccs2)cc1. The first-order valence-corrected chi connectivity index (χ1v) is 9.18. The average molecular weight is 358 g/mol.